The van der Waals surface area contributed by atoms with Crippen molar-refractivity contribution in [1.29, 1.82) is 0 Å². The first-order valence-electron chi connectivity index (χ1n) is 5.63. The summed E-state index contributed by atoms with van der Waals surface area (Å²) in [5, 5.41) is 3.33. The van der Waals surface area contributed by atoms with Gasteiger partial charge in [-0.1, -0.05) is 32.4 Å². The third kappa shape index (κ3) is 4.65. The molecule has 0 saturated heterocycles. The van der Waals surface area contributed by atoms with Crippen LogP contribution in [-0.4, -0.2) is 12.5 Å². The van der Waals surface area contributed by atoms with E-state index in [2.05, 4.69) is 26.1 Å². The number of rotatable bonds is 3. The average Bonchev–Trinajstić information content (AvgIpc) is 2.20. The van der Waals surface area contributed by atoms with Crippen LogP contribution < -0.4 is 11.1 Å². The minimum absolute atomic E-state index is 0.113. The number of carbonyl (C=O) groups is 1. The van der Waals surface area contributed by atoms with Crippen LogP contribution in [0.5, 0.6) is 0 Å². The number of carbonyl (C=O) groups excluding carboxylic acids is 1. The van der Waals surface area contributed by atoms with Gasteiger partial charge in [-0.3, -0.25) is 4.79 Å². The summed E-state index contributed by atoms with van der Waals surface area (Å²) in [7, 11) is 0. The molecule has 0 atom stereocenters. The van der Waals surface area contributed by atoms with Crippen LogP contribution in [0.25, 0.3) is 0 Å². The number of nitrogens with one attached hydrogen (secondary N) is 1. The molecule has 0 aliphatic heterocycles. The van der Waals surface area contributed by atoms with Gasteiger partial charge in [0.1, 0.15) is 0 Å². The Hall–Kier alpha value is -1.22. The average molecular weight is 255 g/mol. The molecule has 0 bridgehead atoms. The highest BCUT2D eigenvalue weighted by atomic mass is 35.5. The molecule has 1 aromatic carbocycles. The Kier molecular flexibility index (Phi) is 4.40. The van der Waals surface area contributed by atoms with Crippen LogP contribution in [0.2, 0.25) is 5.02 Å². The van der Waals surface area contributed by atoms with E-state index in [9.17, 15) is 4.79 Å². The molecular weight excluding hydrogens is 236 g/mol. The maximum absolute atomic E-state index is 11.8. The normalized spacial score (nSPS) is 11.3. The van der Waals surface area contributed by atoms with Gasteiger partial charge in [0.15, 0.2) is 0 Å². The predicted octanol–water partition coefficient (Wildman–Crippen LogP) is 3.09. The fourth-order valence-corrected chi connectivity index (χ4v) is 1.46. The molecular formula is C13H19ClN2O. The highest BCUT2D eigenvalue weighted by Crippen LogP contribution is 2.20. The smallest absolute Gasteiger partial charge is 0.251 e. The van der Waals surface area contributed by atoms with Crippen molar-refractivity contribution in [2.45, 2.75) is 27.2 Å². The lowest BCUT2D eigenvalue weighted by Crippen LogP contribution is -2.27. The lowest BCUT2D eigenvalue weighted by molar-refractivity contribution is 0.0949. The standard InChI is InChI=1S/C13H19ClN2O/c1-13(2,3)6-7-16-12(17)9-4-5-10(14)11(15)8-9/h4-5,8H,6-7,15H2,1-3H3,(H,16,17). The Balaban J connectivity index is 2.56. The van der Waals surface area contributed by atoms with Crippen LogP contribution in [-0.2, 0) is 0 Å². The number of halogens is 1. The molecule has 0 aliphatic carbocycles. The van der Waals surface area contributed by atoms with E-state index in [1.165, 1.54) is 0 Å². The number of hydrogen-bond acceptors (Lipinski definition) is 2. The summed E-state index contributed by atoms with van der Waals surface area (Å²) in [5.41, 5.74) is 6.83. The fourth-order valence-electron chi connectivity index (χ4n) is 1.34. The Morgan fingerprint density at radius 3 is 2.59 bits per heavy atom. The van der Waals surface area contributed by atoms with E-state index in [0.717, 1.165) is 6.42 Å². The quantitative estimate of drug-likeness (QED) is 0.815. The summed E-state index contributed by atoms with van der Waals surface area (Å²) in [5.74, 6) is -0.113. The first-order chi connectivity index (χ1) is 7.79. The summed E-state index contributed by atoms with van der Waals surface area (Å²) in [6.07, 6.45) is 0.932. The first kappa shape index (κ1) is 13.8. The van der Waals surface area contributed by atoms with Gasteiger partial charge in [-0.25, -0.2) is 0 Å². The summed E-state index contributed by atoms with van der Waals surface area (Å²) < 4.78 is 0. The van der Waals surface area contributed by atoms with E-state index in [-0.39, 0.29) is 11.3 Å². The van der Waals surface area contributed by atoms with Gasteiger partial charge in [-0.15, -0.1) is 0 Å². The fraction of sp³-hybridized carbons (Fsp3) is 0.462. The molecule has 0 heterocycles. The van der Waals surface area contributed by atoms with Crippen LogP contribution in [0.4, 0.5) is 5.69 Å². The van der Waals surface area contributed by atoms with E-state index in [4.69, 9.17) is 17.3 Å². The lowest BCUT2D eigenvalue weighted by atomic mass is 9.92. The number of hydrogen-bond donors (Lipinski definition) is 2. The van der Waals surface area contributed by atoms with E-state index >= 15 is 0 Å². The second-order valence-electron chi connectivity index (χ2n) is 5.30. The molecule has 0 spiro atoms. The lowest BCUT2D eigenvalue weighted by Gasteiger charge is -2.18. The summed E-state index contributed by atoms with van der Waals surface area (Å²) in [6.45, 7) is 7.07. The van der Waals surface area contributed by atoms with Gasteiger partial charge in [0.25, 0.3) is 5.91 Å². The predicted molar refractivity (Wildman–Crippen MR) is 72.3 cm³/mol. The molecule has 4 heteroatoms. The SMILES string of the molecule is CC(C)(C)CCNC(=O)c1ccc(Cl)c(N)c1. The minimum atomic E-state index is -0.113. The van der Waals surface area contributed by atoms with Gasteiger partial charge in [-0.05, 0) is 30.0 Å². The number of anilines is 1. The van der Waals surface area contributed by atoms with Crippen molar-refractivity contribution in [2.75, 3.05) is 12.3 Å². The van der Waals surface area contributed by atoms with Crippen molar-refractivity contribution >= 4 is 23.2 Å². The maximum Gasteiger partial charge on any atom is 0.251 e. The Labute approximate surface area is 107 Å². The van der Waals surface area contributed by atoms with Crippen molar-refractivity contribution < 1.29 is 4.79 Å². The summed E-state index contributed by atoms with van der Waals surface area (Å²) in [4.78, 5) is 11.8. The van der Waals surface area contributed by atoms with E-state index < -0.39 is 0 Å². The molecule has 1 amide bonds. The molecule has 0 aliphatic rings. The van der Waals surface area contributed by atoms with Crippen molar-refractivity contribution in [3.63, 3.8) is 0 Å². The third-order valence-corrected chi connectivity index (χ3v) is 2.76. The van der Waals surface area contributed by atoms with Crippen molar-refractivity contribution in [3.8, 4) is 0 Å². The number of nitrogens with two attached hydrogens (primary N) is 1. The van der Waals surface area contributed by atoms with Crippen LogP contribution in [0, 0.1) is 5.41 Å². The van der Waals surface area contributed by atoms with Gasteiger partial charge < -0.3 is 11.1 Å². The maximum atomic E-state index is 11.8. The van der Waals surface area contributed by atoms with Gasteiger partial charge in [0, 0.05) is 12.1 Å². The van der Waals surface area contributed by atoms with Gasteiger partial charge in [0.05, 0.1) is 10.7 Å². The molecule has 94 valence electrons. The Morgan fingerprint density at radius 2 is 2.06 bits per heavy atom. The van der Waals surface area contributed by atoms with Crippen LogP contribution >= 0.6 is 11.6 Å². The number of nitrogen functional groups attached to an aromatic ring is 1. The van der Waals surface area contributed by atoms with E-state index in [1.54, 1.807) is 18.2 Å². The molecule has 17 heavy (non-hydrogen) atoms. The topological polar surface area (TPSA) is 55.1 Å². The molecule has 3 N–H and O–H groups in total. The molecule has 1 aromatic rings. The third-order valence-electron chi connectivity index (χ3n) is 2.42. The molecule has 0 radical (unpaired) electrons. The van der Waals surface area contributed by atoms with Crippen molar-refractivity contribution in [3.05, 3.63) is 28.8 Å². The van der Waals surface area contributed by atoms with Crippen LogP contribution in [0.15, 0.2) is 18.2 Å². The molecule has 1 rings (SSSR count). The van der Waals surface area contributed by atoms with Crippen LogP contribution in [0.3, 0.4) is 0 Å². The molecule has 0 unspecified atom stereocenters. The first-order valence-corrected chi connectivity index (χ1v) is 6.00. The molecule has 3 nitrogen and oxygen atoms in total. The van der Waals surface area contributed by atoms with Crippen LogP contribution in [0.1, 0.15) is 37.6 Å². The Morgan fingerprint density at radius 1 is 1.41 bits per heavy atom. The zero-order valence-corrected chi connectivity index (χ0v) is 11.3. The summed E-state index contributed by atoms with van der Waals surface area (Å²) >= 11 is 5.79. The highest BCUT2D eigenvalue weighted by molar-refractivity contribution is 6.33. The molecule has 0 saturated carbocycles. The molecule has 0 aromatic heterocycles. The van der Waals surface area contributed by atoms with Gasteiger partial charge in [0.2, 0.25) is 0 Å². The largest absolute Gasteiger partial charge is 0.398 e. The van der Waals surface area contributed by atoms with E-state index in [0.29, 0.717) is 22.8 Å². The Bertz CT molecular complexity index is 410. The molecule has 0 fully saturated rings. The van der Waals surface area contributed by atoms with Crippen molar-refractivity contribution in [2.24, 2.45) is 5.41 Å². The highest BCUT2D eigenvalue weighted by Gasteiger charge is 2.11. The number of benzene rings is 1. The van der Waals surface area contributed by atoms with E-state index in [1.807, 2.05) is 0 Å². The van der Waals surface area contributed by atoms with Gasteiger partial charge in [-0.2, -0.15) is 0 Å². The zero-order valence-electron chi connectivity index (χ0n) is 10.5. The monoisotopic (exact) mass is 254 g/mol. The minimum Gasteiger partial charge on any atom is -0.398 e. The van der Waals surface area contributed by atoms with Gasteiger partial charge >= 0.3 is 0 Å². The second-order valence-corrected chi connectivity index (χ2v) is 5.71. The second kappa shape index (κ2) is 5.41. The van der Waals surface area contributed by atoms with Crippen molar-refractivity contribution in [1.82, 2.24) is 5.32 Å². The number of amides is 1. The summed E-state index contributed by atoms with van der Waals surface area (Å²) in [6, 6.07) is 4.90. The zero-order chi connectivity index (χ0) is 13.1.